The Kier molecular flexibility index (Phi) is 3.00. The van der Waals surface area contributed by atoms with Crippen LogP contribution in [0, 0.1) is 12.8 Å². The van der Waals surface area contributed by atoms with Crippen LogP contribution in [0.5, 0.6) is 0 Å². The van der Waals surface area contributed by atoms with Gasteiger partial charge in [-0.3, -0.25) is 4.79 Å². The molecular formula is C13H19N5O. The molecule has 0 aliphatic carbocycles. The Morgan fingerprint density at radius 3 is 3.11 bits per heavy atom. The van der Waals surface area contributed by atoms with Gasteiger partial charge in [-0.25, -0.2) is 9.97 Å². The molecule has 1 aromatic heterocycles. The molecule has 102 valence electrons. The van der Waals surface area contributed by atoms with Gasteiger partial charge in [-0.1, -0.05) is 0 Å². The third kappa shape index (κ3) is 2.22. The van der Waals surface area contributed by atoms with Crippen molar-refractivity contribution >= 4 is 17.5 Å². The average Bonchev–Trinajstić information content (AvgIpc) is 2.41. The lowest BCUT2D eigenvalue weighted by Gasteiger charge is -2.42. The van der Waals surface area contributed by atoms with Gasteiger partial charge in [0, 0.05) is 31.1 Å². The molecule has 0 spiro atoms. The van der Waals surface area contributed by atoms with E-state index in [0.29, 0.717) is 24.2 Å². The molecule has 2 saturated heterocycles. The summed E-state index contributed by atoms with van der Waals surface area (Å²) in [6.07, 6.45) is 4.10. The van der Waals surface area contributed by atoms with E-state index in [0.717, 1.165) is 37.3 Å². The number of piperidine rings is 2. The summed E-state index contributed by atoms with van der Waals surface area (Å²) in [6.45, 7) is 3.79. The summed E-state index contributed by atoms with van der Waals surface area (Å²) in [5, 5.41) is 3.09. The van der Waals surface area contributed by atoms with Crippen molar-refractivity contribution in [3.8, 4) is 0 Å². The fourth-order valence-corrected chi connectivity index (χ4v) is 3.08. The van der Waals surface area contributed by atoms with Crippen LogP contribution in [0.15, 0.2) is 6.33 Å². The smallest absolute Gasteiger partial charge is 0.220 e. The monoisotopic (exact) mass is 261 g/mol. The van der Waals surface area contributed by atoms with Gasteiger partial charge in [0.25, 0.3) is 0 Å². The molecule has 0 aromatic carbocycles. The lowest BCUT2D eigenvalue weighted by molar-refractivity contribution is -0.124. The molecule has 6 heteroatoms. The van der Waals surface area contributed by atoms with E-state index in [9.17, 15) is 4.79 Å². The summed E-state index contributed by atoms with van der Waals surface area (Å²) in [5.41, 5.74) is 6.79. The maximum absolute atomic E-state index is 11.4. The number of fused-ring (bicyclic) bond motifs is 1. The molecule has 2 aliphatic rings. The van der Waals surface area contributed by atoms with Crippen LogP contribution < -0.4 is 16.0 Å². The van der Waals surface area contributed by atoms with Gasteiger partial charge in [0.1, 0.15) is 18.0 Å². The SMILES string of the molecule is Cc1c(N)ncnc1N1CCC2NC(=O)CCC2C1. The number of anilines is 2. The van der Waals surface area contributed by atoms with E-state index in [1.54, 1.807) is 0 Å². The number of nitrogens with zero attached hydrogens (tertiary/aromatic N) is 3. The molecule has 1 amide bonds. The number of amides is 1. The lowest BCUT2D eigenvalue weighted by atomic mass is 9.85. The zero-order valence-electron chi connectivity index (χ0n) is 11.1. The number of hydrogen-bond acceptors (Lipinski definition) is 5. The zero-order valence-corrected chi connectivity index (χ0v) is 11.1. The maximum Gasteiger partial charge on any atom is 0.220 e. The normalized spacial score (nSPS) is 26.8. The Balaban J connectivity index is 1.78. The fraction of sp³-hybridized carbons (Fsp3) is 0.615. The number of carbonyl (C=O) groups is 1. The number of carbonyl (C=O) groups excluding carboxylic acids is 1. The van der Waals surface area contributed by atoms with Crippen LogP contribution in [-0.2, 0) is 4.79 Å². The van der Waals surface area contributed by atoms with Gasteiger partial charge in [-0.15, -0.1) is 0 Å². The van der Waals surface area contributed by atoms with Gasteiger partial charge in [-0.05, 0) is 25.7 Å². The van der Waals surface area contributed by atoms with E-state index in [2.05, 4.69) is 20.2 Å². The quantitative estimate of drug-likeness (QED) is 0.768. The van der Waals surface area contributed by atoms with Gasteiger partial charge in [0.05, 0.1) is 0 Å². The molecule has 3 heterocycles. The first-order valence-corrected chi connectivity index (χ1v) is 6.76. The highest BCUT2D eigenvalue weighted by molar-refractivity contribution is 5.77. The Hall–Kier alpha value is -1.85. The van der Waals surface area contributed by atoms with Gasteiger partial charge in [0.15, 0.2) is 0 Å². The van der Waals surface area contributed by atoms with Crippen molar-refractivity contribution in [1.82, 2.24) is 15.3 Å². The summed E-state index contributed by atoms with van der Waals surface area (Å²) in [7, 11) is 0. The number of aromatic nitrogens is 2. The van der Waals surface area contributed by atoms with Crippen LogP contribution in [0.25, 0.3) is 0 Å². The molecule has 3 N–H and O–H groups in total. The van der Waals surface area contributed by atoms with Crippen LogP contribution in [0.2, 0.25) is 0 Å². The minimum atomic E-state index is 0.192. The van der Waals surface area contributed by atoms with Crippen LogP contribution in [-0.4, -0.2) is 35.0 Å². The largest absolute Gasteiger partial charge is 0.383 e. The number of rotatable bonds is 1. The van der Waals surface area contributed by atoms with Crippen molar-refractivity contribution in [2.45, 2.75) is 32.2 Å². The third-order valence-electron chi connectivity index (χ3n) is 4.22. The van der Waals surface area contributed by atoms with Crippen molar-refractivity contribution in [3.05, 3.63) is 11.9 Å². The molecule has 0 radical (unpaired) electrons. The summed E-state index contributed by atoms with van der Waals surface area (Å²) in [6, 6.07) is 0.331. The maximum atomic E-state index is 11.4. The molecule has 3 rings (SSSR count). The predicted molar refractivity (Wildman–Crippen MR) is 72.7 cm³/mol. The van der Waals surface area contributed by atoms with Gasteiger partial charge in [0.2, 0.25) is 5.91 Å². The number of nitrogen functional groups attached to an aromatic ring is 1. The van der Waals surface area contributed by atoms with Gasteiger partial charge >= 0.3 is 0 Å². The molecular weight excluding hydrogens is 242 g/mol. The van der Waals surface area contributed by atoms with E-state index >= 15 is 0 Å². The van der Waals surface area contributed by atoms with E-state index in [1.807, 2.05) is 6.92 Å². The van der Waals surface area contributed by atoms with Crippen LogP contribution >= 0.6 is 0 Å². The summed E-state index contributed by atoms with van der Waals surface area (Å²) >= 11 is 0. The Morgan fingerprint density at radius 1 is 1.42 bits per heavy atom. The Morgan fingerprint density at radius 2 is 2.26 bits per heavy atom. The van der Waals surface area contributed by atoms with Crippen molar-refractivity contribution in [3.63, 3.8) is 0 Å². The lowest BCUT2D eigenvalue weighted by Crippen LogP contribution is -2.54. The highest BCUT2D eigenvalue weighted by atomic mass is 16.1. The minimum absolute atomic E-state index is 0.192. The van der Waals surface area contributed by atoms with Crippen molar-refractivity contribution in [2.24, 2.45) is 5.92 Å². The van der Waals surface area contributed by atoms with Crippen molar-refractivity contribution in [1.29, 1.82) is 0 Å². The number of nitrogens with one attached hydrogen (secondary N) is 1. The van der Waals surface area contributed by atoms with E-state index in [4.69, 9.17) is 5.73 Å². The van der Waals surface area contributed by atoms with Crippen molar-refractivity contribution in [2.75, 3.05) is 23.7 Å². The Labute approximate surface area is 112 Å². The number of hydrogen-bond donors (Lipinski definition) is 2. The van der Waals surface area contributed by atoms with E-state index < -0.39 is 0 Å². The molecule has 19 heavy (non-hydrogen) atoms. The topological polar surface area (TPSA) is 84.1 Å². The predicted octanol–water partition coefficient (Wildman–Crippen LogP) is 0.472. The third-order valence-corrected chi connectivity index (χ3v) is 4.22. The number of nitrogens with two attached hydrogens (primary N) is 1. The summed E-state index contributed by atoms with van der Waals surface area (Å²) < 4.78 is 0. The first-order valence-electron chi connectivity index (χ1n) is 6.76. The van der Waals surface area contributed by atoms with Gasteiger partial charge < -0.3 is 16.0 Å². The first kappa shape index (κ1) is 12.2. The highest BCUT2D eigenvalue weighted by Crippen LogP contribution is 2.29. The molecule has 2 aliphatic heterocycles. The fourth-order valence-electron chi connectivity index (χ4n) is 3.08. The summed E-state index contributed by atoms with van der Waals surface area (Å²) in [4.78, 5) is 22.0. The van der Waals surface area contributed by atoms with E-state index in [1.165, 1.54) is 6.33 Å². The second kappa shape index (κ2) is 4.68. The second-order valence-electron chi connectivity index (χ2n) is 5.41. The molecule has 0 bridgehead atoms. The standard InChI is InChI=1S/C13H19N5O/c1-8-12(14)15-7-16-13(8)18-5-4-10-9(6-18)2-3-11(19)17-10/h7,9-10H,2-6H2,1H3,(H,17,19)(H2,14,15,16). The van der Waals surface area contributed by atoms with Crippen LogP contribution in [0.4, 0.5) is 11.6 Å². The Bertz CT molecular complexity index is 504. The molecule has 2 atom stereocenters. The molecule has 2 unspecified atom stereocenters. The van der Waals surface area contributed by atoms with Gasteiger partial charge in [-0.2, -0.15) is 0 Å². The zero-order chi connectivity index (χ0) is 13.4. The molecule has 2 fully saturated rings. The minimum Gasteiger partial charge on any atom is -0.383 e. The average molecular weight is 261 g/mol. The highest BCUT2D eigenvalue weighted by Gasteiger charge is 2.34. The van der Waals surface area contributed by atoms with Crippen molar-refractivity contribution < 1.29 is 4.79 Å². The molecule has 1 aromatic rings. The molecule has 6 nitrogen and oxygen atoms in total. The molecule has 0 saturated carbocycles. The van der Waals surface area contributed by atoms with Crippen LogP contribution in [0.1, 0.15) is 24.8 Å². The summed E-state index contributed by atoms with van der Waals surface area (Å²) in [5.74, 6) is 2.19. The second-order valence-corrected chi connectivity index (χ2v) is 5.41. The van der Waals surface area contributed by atoms with E-state index in [-0.39, 0.29) is 5.91 Å². The van der Waals surface area contributed by atoms with Crippen LogP contribution in [0.3, 0.4) is 0 Å². The first-order chi connectivity index (χ1) is 9.15.